The van der Waals surface area contributed by atoms with Crippen molar-refractivity contribution in [2.24, 2.45) is 0 Å². The molecule has 2 rings (SSSR count). The van der Waals surface area contributed by atoms with Crippen LogP contribution in [-0.2, 0) is 11.3 Å². The number of carboxylic acid groups (broad SMARTS) is 1. The number of thiazole rings is 1. The van der Waals surface area contributed by atoms with Crippen LogP contribution in [0.1, 0.15) is 36.3 Å². The molecule has 2 amide bonds. The van der Waals surface area contributed by atoms with Crippen LogP contribution in [0.3, 0.4) is 0 Å². The molecule has 7 heteroatoms. The Bertz CT molecular complexity index is 480. The number of nitrogens with one attached hydrogen (secondary N) is 2. The number of urea groups is 1. The Morgan fingerprint density at radius 2 is 2.16 bits per heavy atom. The molecule has 1 saturated carbocycles. The summed E-state index contributed by atoms with van der Waals surface area (Å²) in [5, 5.41) is 14.6. The number of nitrogens with zero attached hydrogens (tertiary/aromatic N) is 1. The van der Waals surface area contributed by atoms with Gasteiger partial charge in [0.05, 0.1) is 17.7 Å². The van der Waals surface area contributed by atoms with Gasteiger partial charge in [0.2, 0.25) is 0 Å². The van der Waals surface area contributed by atoms with Gasteiger partial charge in [-0.1, -0.05) is 12.8 Å². The first-order valence-corrected chi connectivity index (χ1v) is 7.10. The van der Waals surface area contributed by atoms with E-state index >= 15 is 0 Å². The van der Waals surface area contributed by atoms with Gasteiger partial charge in [-0.3, -0.25) is 0 Å². The first kappa shape index (κ1) is 13.8. The van der Waals surface area contributed by atoms with Crippen LogP contribution in [0.15, 0.2) is 5.51 Å². The summed E-state index contributed by atoms with van der Waals surface area (Å²) in [7, 11) is 0. The average molecular weight is 283 g/mol. The number of hydrogen-bond acceptors (Lipinski definition) is 4. The molecule has 1 aromatic heterocycles. The fourth-order valence-corrected chi connectivity index (χ4v) is 3.01. The van der Waals surface area contributed by atoms with Gasteiger partial charge in [0, 0.05) is 4.88 Å². The summed E-state index contributed by atoms with van der Waals surface area (Å²) < 4.78 is 0. The quantitative estimate of drug-likeness (QED) is 0.783. The van der Waals surface area contributed by atoms with Gasteiger partial charge in [-0.25, -0.2) is 14.6 Å². The molecule has 6 nitrogen and oxygen atoms in total. The maximum Gasteiger partial charge on any atom is 0.329 e. The highest BCUT2D eigenvalue weighted by Gasteiger charge is 2.42. The molecular weight excluding hydrogens is 266 g/mol. The van der Waals surface area contributed by atoms with E-state index in [0.29, 0.717) is 19.4 Å². The molecule has 3 N–H and O–H groups in total. The molecular formula is C12H17N3O3S. The van der Waals surface area contributed by atoms with Crippen LogP contribution in [0.25, 0.3) is 0 Å². The highest BCUT2D eigenvalue weighted by Crippen LogP contribution is 2.29. The number of carboxylic acids is 1. The van der Waals surface area contributed by atoms with Crippen molar-refractivity contribution >= 4 is 23.3 Å². The summed E-state index contributed by atoms with van der Waals surface area (Å²) >= 11 is 1.47. The van der Waals surface area contributed by atoms with Crippen molar-refractivity contribution in [2.75, 3.05) is 0 Å². The number of hydrogen-bond donors (Lipinski definition) is 3. The van der Waals surface area contributed by atoms with Crippen molar-refractivity contribution in [1.29, 1.82) is 0 Å². The molecule has 0 unspecified atom stereocenters. The van der Waals surface area contributed by atoms with E-state index in [9.17, 15) is 14.7 Å². The van der Waals surface area contributed by atoms with Crippen LogP contribution in [0.2, 0.25) is 0 Å². The largest absolute Gasteiger partial charge is 0.480 e. The zero-order valence-corrected chi connectivity index (χ0v) is 11.5. The highest BCUT2D eigenvalue weighted by atomic mass is 32.1. The summed E-state index contributed by atoms with van der Waals surface area (Å²) in [6, 6.07) is -0.433. The monoisotopic (exact) mass is 283 g/mol. The van der Waals surface area contributed by atoms with Gasteiger partial charge in [0.1, 0.15) is 5.54 Å². The Kier molecular flexibility index (Phi) is 4.04. The number of amides is 2. The lowest BCUT2D eigenvalue weighted by atomic mass is 9.98. The molecule has 19 heavy (non-hydrogen) atoms. The second-order valence-corrected chi connectivity index (χ2v) is 5.70. The van der Waals surface area contributed by atoms with Crippen LogP contribution >= 0.6 is 11.3 Å². The number of carbonyl (C=O) groups excluding carboxylic acids is 1. The number of aromatic nitrogens is 1. The molecule has 1 fully saturated rings. The lowest BCUT2D eigenvalue weighted by Crippen LogP contribution is -2.55. The van der Waals surface area contributed by atoms with Crippen LogP contribution in [0, 0.1) is 6.92 Å². The number of aliphatic carboxylic acids is 1. The lowest BCUT2D eigenvalue weighted by Gasteiger charge is -2.25. The van der Waals surface area contributed by atoms with E-state index in [1.165, 1.54) is 11.3 Å². The maximum absolute atomic E-state index is 11.8. The predicted molar refractivity (Wildman–Crippen MR) is 71.1 cm³/mol. The molecule has 0 radical (unpaired) electrons. The van der Waals surface area contributed by atoms with E-state index in [0.717, 1.165) is 23.4 Å². The van der Waals surface area contributed by atoms with Gasteiger partial charge in [-0.05, 0) is 19.8 Å². The van der Waals surface area contributed by atoms with Crippen LogP contribution in [0.4, 0.5) is 4.79 Å². The summed E-state index contributed by atoms with van der Waals surface area (Å²) in [6.45, 7) is 2.25. The number of rotatable bonds is 4. The molecule has 1 aromatic rings. The van der Waals surface area contributed by atoms with Gasteiger partial charge in [0.15, 0.2) is 0 Å². The van der Waals surface area contributed by atoms with Crippen LogP contribution < -0.4 is 10.6 Å². The SMILES string of the molecule is Cc1ncsc1CNC(=O)NC1(C(=O)O)CCCC1. The molecule has 0 aliphatic heterocycles. The topological polar surface area (TPSA) is 91.3 Å². The third-order valence-electron chi connectivity index (χ3n) is 3.47. The van der Waals surface area contributed by atoms with Crippen LogP contribution in [0.5, 0.6) is 0 Å². The van der Waals surface area contributed by atoms with Crippen molar-refractivity contribution in [2.45, 2.75) is 44.7 Å². The van der Waals surface area contributed by atoms with E-state index in [1.807, 2.05) is 6.92 Å². The molecule has 0 aromatic carbocycles. The molecule has 0 bridgehead atoms. The fourth-order valence-electron chi connectivity index (χ4n) is 2.29. The second-order valence-electron chi connectivity index (χ2n) is 4.76. The lowest BCUT2D eigenvalue weighted by molar-refractivity contribution is -0.144. The van der Waals surface area contributed by atoms with E-state index in [2.05, 4.69) is 15.6 Å². The Morgan fingerprint density at radius 3 is 2.68 bits per heavy atom. The van der Waals surface area contributed by atoms with Crippen molar-refractivity contribution in [1.82, 2.24) is 15.6 Å². The van der Waals surface area contributed by atoms with E-state index in [-0.39, 0.29) is 0 Å². The molecule has 0 spiro atoms. The van der Waals surface area contributed by atoms with E-state index in [4.69, 9.17) is 0 Å². The summed E-state index contributed by atoms with van der Waals surface area (Å²) in [5.41, 5.74) is 1.52. The molecule has 0 atom stereocenters. The molecule has 1 aliphatic rings. The van der Waals surface area contributed by atoms with E-state index < -0.39 is 17.5 Å². The number of aryl methyl sites for hydroxylation is 1. The van der Waals surface area contributed by atoms with Gasteiger partial charge >= 0.3 is 12.0 Å². The maximum atomic E-state index is 11.8. The predicted octanol–water partition coefficient (Wildman–Crippen LogP) is 1.65. The molecule has 104 valence electrons. The Hall–Kier alpha value is -1.63. The zero-order chi connectivity index (χ0) is 13.9. The minimum absolute atomic E-state index is 0.373. The summed E-state index contributed by atoms with van der Waals surface area (Å²) in [6.07, 6.45) is 2.66. The summed E-state index contributed by atoms with van der Waals surface area (Å²) in [5.74, 6) is -0.950. The van der Waals surface area contributed by atoms with Gasteiger partial charge < -0.3 is 15.7 Å². The first-order valence-electron chi connectivity index (χ1n) is 6.22. The minimum atomic E-state index is -1.09. The number of carbonyl (C=O) groups is 2. The Balaban J connectivity index is 1.90. The minimum Gasteiger partial charge on any atom is -0.480 e. The Labute approximate surface area is 115 Å². The van der Waals surface area contributed by atoms with E-state index in [1.54, 1.807) is 5.51 Å². The molecule has 1 aliphatic carbocycles. The fraction of sp³-hybridized carbons (Fsp3) is 0.583. The standard InChI is InChI=1S/C12H17N3O3S/c1-8-9(19-7-14-8)6-13-11(18)15-12(10(16)17)4-2-3-5-12/h7H,2-6H2,1H3,(H,16,17)(H2,13,15,18). The summed E-state index contributed by atoms with van der Waals surface area (Å²) in [4.78, 5) is 28.2. The van der Waals surface area contributed by atoms with Gasteiger partial charge in [-0.2, -0.15) is 0 Å². The third-order valence-corrected chi connectivity index (χ3v) is 4.41. The molecule has 1 heterocycles. The van der Waals surface area contributed by atoms with Gasteiger partial charge in [-0.15, -0.1) is 11.3 Å². The highest BCUT2D eigenvalue weighted by molar-refractivity contribution is 7.09. The second kappa shape index (κ2) is 5.56. The zero-order valence-electron chi connectivity index (χ0n) is 10.7. The van der Waals surface area contributed by atoms with Crippen molar-refractivity contribution in [3.63, 3.8) is 0 Å². The third kappa shape index (κ3) is 3.04. The Morgan fingerprint density at radius 1 is 1.47 bits per heavy atom. The average Bonchev–Trinajstić information content (AvgIpc) is 2.97. The van der Waals surface area contributed by atoms with Crippen molar-refractivity contribution < 1.29 is 14.7 Å². The van der Waals surface area contributed by atoms with Crippen molar-refractivity contribution in [3.8, 4) is 0 Å². The smallest absolute Gasteiger partial charge is 0.329 e. The van der Waals surface area contributed by atoms with Crippen LogP contribution in [-0.4, -0.2) is 27.6 Å². The molecule has 0 saturated heterocycles. The normalized spacial score (nSPS) is 17.1. The van der Waals surface area contributed by atoms with Crippen molar-refractivity contribution in [3.05, 3.63) is 16.1 Å². The first-order chi connectivity index (χ1) is 9.03. The van der Waals surface area contributed by atoms with Gasteiger partial charge in [0.25, 0.3) is 0 Å².